The van der Waals surface area contributed by atoms with Crippen molar-refractivity contribution < 1.29 is 0 Å². The molecule has 0 aromatic heterocycles. The maximum atomic E-state index is 5.90. The third kappa shape index (κ3) is 2.24. The van der Waals surface area contributed by atoms with Gasteiger partial charge in [0.05, 0.1) is 0 Å². The van der Waals surface area contributed by atoms with Crippen LogP contribution in [0.15, 0.2) is 22.7 Å². The molecule has 1 aromatic carbocycles. The van der Waals surface area contributed by atoms with Gasteiger partial charge in [-0.05, 0) is 29.2 Å². The minimum atomic E-state index is 0.143. The van der Waals surface area contributed by atoms with Gasteiger partial charge in [0.1, 0.15) is 0 Å². The average Bonchev–Trinajstić information content (AvgIpc) is 1.92. The summed E-state index contributed by atoms with van der Waals surface area (Å²) >= 11 is 9.41. The van der Waals surface area contributed by atoms with Crippen LogP contribution in [0.5, 0.6) is 0 Å². The van der Waals surface area contributed by atoms with E-state index in [0.29, 0.717) is 0 Å². The van der Waals surface area contributed by atoms with E-state index in [1.807, 2.05) is 18.2 Å². The zero-order chi connectivity index (χ0) is 9.35. The van der Waals surface area contributed by atoms with Gasteiger partial charge >= 0.3 is 0 Å². The molecule has 0 heterocycles. The summed E-state index contributed by atoms with van der Waals surface area (Å²) in [5, 5.41) is 0.795. The van der Waals surface area contributed by atoms with Crippen molar-refractivity contribution in [3.05, 3.63) is 33.3 Å². The molecule has 12 heavy (non-hydrogen) atoms. The van der Waals surface area contributed by atoms with E-state index in [-0.39, 0.29) is 5.41 Å². The van der Waals surface area contributed by atoms with E-state index in [1.54, 1.807) is 0 Å². The summed E-state index contributed by atoms with van der Waals surface area (Å²) in [4.78, 5) is 0. The molecule has 0 aliphatic heterocycles. The summed E-state index contributed by atoms with van der Waals surface area (Å²) in [6.07, 6.45) is 0. The van der Waals surface area contributed by atoms with Gasteiger partial charge in [-0.25, -0.2) is 0 Å². The van der Waals surface area contributed by atoms with Crippen molar-refractivity contribution in [2.45, 2.75) is 26.2 Å². The lowest BCUT2D eigenvalue weighted by atomic mass is 9.87. The molecule has 0 amide bonds. The van der Waals surface area contributed by atoms with Crippen LogP contribution in [-0.4, -0.2) is 0 Å². The molecule has 0 N–H and O–H groups in total. The van der Waals surface area contributed by atoms with Crippen molar-refractivity contribution >= 4 is 27.5 Å². The molecular weight excluding hydrogens is 235 g/mol. The molecule has 0 aliphatic carbocycles. The lowest BCUT2D eigenvalue weighted by Gasteiger charge is -2.20. The fraction of sp³-hybridized carbons (Fsp3) is 0.400. The Morgan fingerprint density at radius 2 is 1.83 bits per heavy atom. The fourth-order valence-corrected chi connectivity index (χ4v) is 2.09. The van der Waals surface area contributed by atoms with E-state index < -0.39 is 0 Å². The van der Waals surface area contributed by atoms with Crippen LogP contribution in [-0.2, 0) is 5.41 Å². The van der Waals surface area contributed by atoms with Gasteiger partial charge in [0.2, 0.25) is 0 Å². The Kier molecular flexibility index (Phi) is 2.84. The minimum absolute atomic E-state index is 0.143. The third-order valence-corrected chi connectivity index (χ3v) is 2.66. The normalized spacial score (nSPS) is 11.8. The molecule has 1 aromatic rings. The first kappa shape index (κ1) is 10.1. The van der Waals surface area contributed by atoms with Crippen LogP contribution < -0.4 is 0 Å². The summed E-state index contributed by atoms with van der Waals surface area (Å²) in [7, 11) is 0. The predicted molar refractivity (Wildman–Crippen MR) is 57.9 cm³/mol. The highest BCUT2D eigenvalue weighted by Gasteiger charge is 2.16. The Balaban J connectivity index is 3.23. The summed E-state index contributed by atoms with van der Waals surface area (Å²) in [5.41, 5.74) is 1.39. The lowest BCUT2D eigenvalue weighted by Crippen LogP contribution is -2.11. The quantitative estimate of drug-likeness (QED) is 0.637. The first-order valence-corrected chi connectivity index (χ1v) is 5.04. The van der Waals surface area contributed by atoms with Gasteiger partial charge in [-0.3, -0.25) is 0 Å². The second-order valence-electron chi connectivity index (χ2n) is 3.87. The monoisotopic (exact) mass is 246 g/mol. The number of hydrogen-bond acceptors (Lipinski definition) is 0. The van der Waals surface area contributed by atoms with Crippen LogP contribution in [0, 0.1) is 0 Å². The van der Waals surface area contributed by atoms with E-state index >= 15 is 0 Å². The zero-order valence-corrected chi connectivity index (χ0v) is 9.83. The highest BCUT2D eigenvalue weighted by Crippen LogP contribution is 2.31. The maximum Gasteiger partial charge on any atom is 0.0409 e. The molecule has 0 spiro atoms. The summed E-state index contributed by atoms with van der Waals surface area (Å²) in [6.45, 7) is 6.51. The molecule has 0 saturated carbocycles. The first-order chi connectivity index (χ1) is 5.41. The highest BCUT2D eigenvalue weighted by molar-refractivity contribution is 9.10. The summed E-state index contributed by atoms with van der Waals surface area (Å²) in [5.74, 6) is 0. The molecule has 66 valence electrons. The predicted octanol–water partition coefficient (Wildman–Crippen LogP) is 4.40. The summed E-state index contributed by atoms with van der Waals surface area (Å²) < 4.78 is 1.12. The van der Waals surface area contributed by atoms with Crippen molar-refractivity contribution in [1.82, 2.24) is 0 Å². The SMILES string of the molecule is CC(C)(C)c1cc(Cl)ccc1Br. The van der Waals surface area contributed by atoms with Crippen LogP contribution in [0.3, 0.4) is 0 Å². The van der Waals surface area contributed by atoms with Crippen LogP contribution in [0.2, 0.25) is 5.02 Å². The van der Waals surface area contributed by atoms with Crippen LogP contribution in [0.4, 0.5) is 0 Å². The second kappa shape index (κ2) is 3.39. The highest BCUT2D eigenvalue weighted by atomic mass is 79.9. The molecule has 0 nitrogen and oxygen atoms in total. The van der Waals surface area contributed by atoms with Gasteiger partial charge in [-0.2, -0.15) is 0 Å². The Hall–Kier alpha value is -0.0100. The first-order valence-electron chi connectivity index (χ1n) is 3.87. The molecule has 0 saturated heterocycles. The molecule has 0 atom stereocenters. The van der Waals surface area contributed by atoms with Gasteiger partial charge < -0.3 is 0 Å². The van der Waals surface area contributed by atoms with Crippen molar-refractivity contribution in [1.29, 1.82) is 0 Å². The number of hydrogen-bond donors (Lipinski definition) is 0. The standard InChI is InChI=1S/C10H12BrCl/c1-10(2,3)8-6-7(12)4-5-9(8)11/h4-6H,1-3H3. The summed E-state index contributed by atoms with van der Waals surface area (Å²) in [6, 6.07) is 5.88. The number of rotatable bonds is 0. The molecular formula is C10H12BrCl. The topological polar surface area (TPSA) is 0 Å². The van der Waals surface area contributed by atoms with Gasteiger partial charge in [-0.1, -0.05) is 48.3 Å². The minimum Gasteiger partial charge on any atom is -0.0843 e. The van der Waals surface area contributed by atoms with Gasteiger partial charge in [0.15, 0.2) is 0 Å². The van der Waals surface area contributed by atoms with Crippen molar-refractivity contribution in [3.63, 3.8) is 0 Å². The maximum absolute atomic E-state index is 5.90. The molecule has 0 bridgehead atoms. The lowest BCUT2D eigenvalue weighted by molar-refractivity contribution is 0.587. The fourth-order valence-electron chi connectivity index (χ4n) is 1.07. The Morgan fingerprint density at radius 1 is 1.25 bits per heavy atom. The van der Waals surface area contributed by atoms with Gasteiger partial charge in [0.25, 0.3) is 0 Å². The van der Waals surface area contributed by atoms with Crippen LogP contribution in [0.25, 0.3) is 0 Å². The molecule has 0 fully saturated rings. The molecule has 0 aliphatic rings. The molecule has 1 rings (SSSR count). The molecule has 0 radical (unpaired) electrons. The van der Waals surface area contributed by atoms with E-state index in [4.69, 9.17) is 11.6 Å². The Labute approximate surface area is 87.1 Å². The van der Waals surface area contributed by atoms with Gasteiger partial charge in [-0.15, -0.1) is 0 Å². The Bertz CT molecular complexity index is 286. The second-order valence-corrected chi connectivity index (χ2v) is 5.16. The third-order valence-electron chi connectivity index (χ3n) is 1.74. The van der Waals surface area contributed by atoms with E-state index in [2.05, 4.69) is 36.7 Å². The van der Waals surface area contributed by atoms with E-state index in [0.717, 1.165) is 9.50 Å². The van der Waals surface area contributed by atoms with Gasteiger partial charge in [0, 0.05) is 9.50 Å². The van der Waals surface area contributed by atoms with Crippen molar-refractivity contribution in [3.8, 4) is 0 Å². The number of halogens is 2. The Morgan fingerprint density at radius 3 is 2.25 bits per heavy atom. The van der Waals surface area contributed by atoms with Crippen LogP contribution >= 0.6 is 27.5 Å². The largest absolute Gasteiger partial charge is 0.0843 e. The molecule has 0 unspecified atom stereocenters. The van der Waals surface area contributed by atoms with Crippen LogP contribution in [0.1, 0.15) is 26.3 Å². The van der Waals surface area contributed by atoms with E-state index in [1.165, 1.54) is 5.56 Å². The van der Waals surface area contributed by atoms with Crippen molar-refractivity contribution in [2.24, 2.45) is 0 Å². The smallest absolute Gasteiger partial charge is 0.0409 e. The average molecular weight is 248 g/mol. The number of benzene rings is 1. The van der Waals surface area contributed by atoms with Crippen molar-refractivity contribution in [2.75, 3.05) is 0 Å². The zero-order valence-electron chi connectivity index (χ0n) is 7.49. The van der Waals surface area contributed by atoms with E-state index in [9.17, 15) is 0 Å². The molecule has 2 heteroatoms.